The first-order chi connectivity index (χ1) is 9.68. The van der Waals surface area contributed by atoms with E-state index in [9.17, 15) is 4.79 Å². The fraction of sp³-hybridized carbons (Fsp3) is 0.938. The Morgan fingerprint density at radius 1 is 1.30 bits per heavy atom. The van der Waals surface area contributed by atoms with E-state index in [4.69, 9.17) is 4.74 Å². The van der Waals surface area contributed by atoms with Gasteiger partial charge in [0.15, 0.2) is 0 Å². The molecule has 0 aromatic heterocycles. The number of nitrogens with zero attached hydrogens (tertiary/aromatic N) is 1. The van der Waals surface area contributed by atoms with E-state index in [2.05, 4.69) is 10.2 Å². The van der Waals surface area contributed by atoms with Crippen molar-refractivity contribution in [1.29, 1.82) is 0 Å². The highest BCUT2D eigenvalue weighted by molar-refractivity contribution is 5.81. The Morgan fingerprint density at radius 2 is 2.00 bits per heavy atom. The summed E-state index contributed by atoms with van der Waals surface area (Å²) in [5.74, 6) is 1.81. The Morgan fingerprint density at radius 3 is 2.60 bits per heavy atom. The molecule has 0 amide bonds. The van der Waals surface area contributed by atoms with Crippen molar-refractivity contribution >= 4 is 5.97 Å². The summed E-state index contributed by atoms with van der Waals surface area (Å²) in [5, 5.41) is 3.26. The van der Waals surface area contributed by atoms with E-state index in [1.54, 1.807) is 0 Å². The van der Waals surface area contributed by atoms with Crippen LogP contribution in [0.4, 0.5) is 0 Å². The third-order valence-electron chi connectivity index (χ3n) is 5.90. The number of hydrogen-bond donors (Lipinski definition) is 1. The van der Waals surface area contributed by atoms with Gasteiger partial charge in [0.2, 0.25) is 0 Å². The summed E-state index contributed by atoms with van der Waals surface area (Å²) < 4.78 is 5.29. The van der Waals surface area contributed by atoms with Gasteiger partial charge in [-0.1, -0.05) is 6.42 Å². The van der Waals surface area contributed by atoms with Gasteiger partial charge in [-0.25, -0.2) is 0 Å². The van der Waals surface area contributed by atoms with Crippen LogP contribution in [0.25, 0.3) is 0 Å². The van der Waals surface area contributed by atoms with Gasteiger partial charge in [-0.3, -0.25) is 9.69 Å². The average molecular weight is 280 g/mol. The average Bonchev–Trinajstić information content (AvgIpc) is 3.12. The molecule has 2 saturated carbocycles. The molecule has 0 spiro atoms. The zero-order chi connectivity index (χ0) is 14.2. The first-order valence-electron chi connectivity index (χ1n) is 8.28. The van der Waals surface area contributed by atoms with Crippen LogP contribution in [-0.4, -0.2) is 49.2 Å². The highest BCUT2D eigenvalue weighted by atomic mass is 16.5. The third-order valence-corrected chi connectivity index (χ3v) is 5.90. The highest BCUT2D eigenvalue weighted by Gasteiger charge is 2.49. The molecular weight excluding hydrogens is 252 g/mol. The number of carbonyl (C=O) groups excluding carboxylic acids is 1. The quantitative estimate of drug-likeness (QED) is 0.797. The van der Waals surface area contributed by atoms with Gasteiger partial charge in [-0.05, 0) is 57.9 Å². The van der Waals surface area contributed by atoms with Crippen molar-refractivity contribution in [3.8, 4) is 0 Å². The molecule has 1 heterocycles. The molecule has 1 N–H and O–H groups in total. The molecule has 114 valence electrons. The molecule has 20 heavy (non-hydrogen) atoms. The van der Waals surface area contributed by atoms with Crippen molar-refractivity contribution in [3.63, 3.8) is 0 Å². The van der Waals surface area contributed by atoms with Crippen molar-refractivity contribution in [2.75, 3.05) is 26.7 Å². The number of rotatable bonds is 4. The first kappa shape index (κ1) is 14.3. The second-order valence-electron chi connectivity index (χ2n) is 6.85. The lowest BCUT2D eigenvalue weighted by atomic mass is 9.97. The van der Waals surface area contributed by atoms with Gasteiger partial charge in [0, 0.05) is 19.1 Å². The van der Waals surface area contributed by atoms with Crippen LogP contribution in [0, 0.1) is 11.8 Å². The summed E-state index contributed by atoms with van der Waals surface area (Å²) in [6.07, 6.45) is 7.22. The van der Waals surface area contributed by atoms with Crippen molar-refractivity contribution in [2.45, 2.75) is 57.0 Å². The number of likely N-dealkylation sites (N-methyl/N-ethyl adjacent to an activating group) is 1. The van der Waals surface area contributed by atoms with Crippen molar-refractivity contribution in [2.24, 2.45) is 11.8 Å². The zero-order valence-electron chi connectivity index (χ0n) is 12.9. The van der Waals surface area contributed by atoms with Crippen molar-refractivity contribution in [1.82, 2.24) is 10.2 Å². The summed E-state index contributed by atoms with van der Waals surface area (Å²) in [4.78, 5) is 14.9. The van der Waals surface area contributed by atoms with E-state index in [0.29, 0.717) is 12.6 Å². The van der Waals surface area contributed by atoms with Crippen LogP contribution in [-0.2, 0) is 9.53 Å². The third kappa shape index (κ3) is 2.37. The van der Waals surface area contributed by atoms with Crippen LogP contribution in [0.3, 0.4) is 0 Å². The molecule has 4 unspecified atom stereocenters. The molecule has 0 aromatic rings. The number of hydrogen-bond acceptors (Lipinski definition) is 4. The number of fused-ring (bicyclic) bond motifs is 1. The molecule has 4 heteroatoms. The van der Waals surface area contributed by atoms with Crippen LogP contribution < -0.4 is 5.32 Å². The molecule has 1 saturated heterocycles. The highest BCUT2D eigenvalue weighted by Crippen LogP contribution is 2.42. The largest absolute Gasteiger partial charge is 0.465 e. The van der Waals surface area contributed by atoms with E-state index >= 15 is 0 Å². The van der Waals surface area contributed by atoms with Crippen LogP contribution >= 0.6 is 0 Å². The van der Waals surface area contributed by atoms with Crippen LogP contribution in [0.5, 0.6) is 0 Å². The minimum atomic E-state index is -0.432. The van der Waals surface area contributed by atoms with E-state index in [1.807, 2.05) is 14.0 Å². The molecule has 1 aliphatic heterocycles. The molecule has 2 aliphatic carbocycles. The monoisotopic (exact) mass is 280 g/mol. The Bertz CT molecular complexity index is 361. The number of carbonyl (C=O) groups is 1. The Labute approximate surface area is 122 Å². The minimum Gasteiger partial charge on any atom is -0.465 e. The molecular formula is C16H28N2O2. The maximum atomic E-state index is 12.3. The molecule has 0 radical (unpaired) electrons. The Balaban J connectivity index is 1.62. The Kier molecular flexibility index (Phi) is 4.04. The van der Waals surface area contributed by atoms with Gasteiger partial charge in [-0.2, -0.15) is 0 Å². The minimum absolute atomic E-state index is 0.0515. The molecule has 3 aliphatic rings. The molecule has 0 aromatic carbocycles. The first-order valence-corrected chi connectivity index (χ1v) is 8.28. The van der Waals surface area contributed by atoms with Crippen LogP contribution in [0.15, 0.2) is 0 Å². The lowest BCUT2D eigenvalue weighted by Gasteiger charge is -2.29. The number of likely N-dealkylation sites (tertiary alicyclic amines) is 1. The van der Waals surface area contributed by atoms with Gasteiger partial charge in [0.1, 0.15) is 5.54 Å². The van der Waals surface area contributed by atoms with Gasteiger partial charge in [0.05, 0.1) is 6.61 Å². The number of nitrogens with one attached hydrogen (secondary N) is 1. The smallest absolute Gasteiger partial charge is 0.326 e. The summed E-state index contributed by atoms with van der Waals surface area (Å²) in [6, 6.07) is 0.567. The molecule has 3 rings (SSSR count). The normalized spacial score (nSPS) is 41.0. The van der Waals surface area contributed by atoms with Gasteiger partial charge >= 0.3 is 5.97 Å². The summed E-state index contributed by atoms with van der Waals surface area (Å²) in [7, 11) is 1.90. The van der Waals surface area contributed by atoms with Crippen LogP contribution in [0.2, 0.25) is 0 Å². The zero-order valence-corrected chi connectivity index (χ0v) is 12.9. The summed E-state index contributed by atoms with van der Waals surface area (Å²) in [6.45, 7) is 4.88. The fourth-order valence-corrected chi connectivity index (χ4v) is 4.68. The lowest BCUT2D eigenvalue weighted by Crippen LogP contribution is -2.50. The SMILES string of the molecule is CCOC(=O)C1(NC)CCC(N2CC3CCCC3C2)C1. The second-order valence-corrected chi connectivity index (χ2v) is 6.85. The molecule has 0 bridgehead atoms. The number of esters is 1. The lowest BCUT2D eigenvalue weighted by molar-refractivity contribution is -0.151. The maximum absolute atomic E-state index is 12.3. The van der Waals surface area contributed by atoms with E-state index in [1.165, 1.54) is 32.4 Å². The van der Waals surface area contributed by atoms with Gasteiger partial charge in [0.25, 0.3) is 0 Å². The van der Waals surface area contributed by atoms with E-state index in [-0.39, 0.29) is 5.97 Å². The summed E-state index contributed by atoms with van der Waals surface area (Å²) >= 11 is 0. The van der Waals surface area contributed by atoms with E-state index in [0.717, 1.165) is 31.1 Å². The molecule has 4 atom stereocenters. The number of ether oxygens (including phenoxy) is 1. The topological polar surface area (TPSA) is 41.6 Å². The fourth-order valence-electron chi connectivity index (χ4n) is 4.68. The Hall–Kier alpha value is -0.610. The predicted octanol–water partition coefficient (Wildman–Crippen LogP) is 1.79. The maximum Gasteiger partial charge on any atom is 0.326 e. The van der Waals surface area contributed by atoms with Crippen LogP contribution in [0.1, 0.15) is 45.4 Å². The molecule has 3 fully saturated rings. The molecule has 4 nitrogen and oxygen atoms in total. The predicted molar refractivity (Wildman–Crippen MR) is 78.5 cm³/mol. The standard InChI is InChI=1S/C16H28N2O2/c1-3-20-15(19)16(17-2)8-7-14(9-16)18-10-12-5-4-6-13(12)11-18/h12-14,17H,3-11H2,1-2H3. The van der Waals surface area contributed by atoms with Crippen molar-refractivity contribution < 1.29 is 9.53 Å². The van der Waals surface area contributed by atoms with E-state index < -0.39 is 5.54 Å². The second kappa shape index (κ2) is 5.64. The van der Waals surface area contributed by atoms with Crippen molar-refractivity contribution in [3.05, 3.63) is 0 Å². The van der Waals surface area contributed by atoms with Gasteiger partial charge < -0.3 is 10.1 Å². The van der Waals surface area contributed by atoms with Gasteiger partial charge in [-0.15, -0.1) is 0 Å². The summed E-state index contributed by atoms with van der Waals surface area (Å²) in [5.41, 5.74) is -0.432.